The van der Waals surface area contributed by atoms with Crippen LogP contribution >= 0.6 is 0 Å². The second kappa shape index (κ2) is 5.54. The molecule has 3 heteroatoms. The van der Waals surface area contributed by atoms with E-state index >= 15 is 0 Å². The van der Waals surface area contributed by atoms with Crippen molar-refractivity contribution in [3.63, 3.8) is 0 Å². The first-order valence-corrected chi connectivity index (χ1v) is 6.88. The second-order valence-corrected chi connectivity index (χ2v) is 4.96. The average Bonchev–Trinajstić information content (AvgIpc) is 2.77. The van der Waals surface area contributed by atoms with E-state index in [1.165, 1.54) is 12.1 Å². The summed E-state index contributed by atoms with van der Waals surface area (Å²) < 4.78 is 73.9. The number of benzene rings is 4. The molecule has 23 heavy (non-hydrogen) atoms. The summed E-state index contributed by atoms with van der Waals surface area (Å²) in [4.78, 5) is 0. The highest BCUT2D eigenvalue weighted by atomic mass is 16.4. The lowest BCUT2D eigenvalue weighted by Crippen LogP contribution is -2.31. The van der Waals surface area contributed by atoms with Gasteiger partial charge in [0.25, 0.3) is 0 Å². The largest absolute Gasteiger partial charge is 0.489 e. The van der Waals surface area contributed by atoms with Crippen molar-refractivity contribution >= 4 is 34.1 Å². The molecule has 0 amide bonds. The molecule has 0 atom stereocenters. The Bertz CT molecular complexity index is 1420. The van der Waals surface area contributed by atoms with Gasteiger partial charge in [-0.3, -0.25) is 0 Å². The minimum absolute atomic E-state index is 0.00370. The summed E-state index contributed by atoms with van der Waals surface area (Å²) in [5.74, 6) is 0. The maximum Gasteiger partial charge on any atom is 0.489 e. The molecule has 0 aliphatic heterocycles. The first-order chi connectivity index (χ1) is 15.0. The lowest BCUT2D eigenvalue weighted by Gasteiger charge is -2.16. The summed E-state index contributed by atoms with van der Waals surface area (Å²) in [6, 6.07) is 1.18. The fraction of sp³-hybridized carbons (Fsp3) is 0. The lowest BCUT2D eigenvalue weighted by atomic mass is 9.72. The van der Waals surface area contributed by atoms with Gasteiger partial charge in [0.2, 0.25) is 0 Å². The van der Waals surface area contributed by atoms with Crippen molar-refractivity contribution in [2.75, 3.05) is 0 Å². The summed E-state index contributed by atoms with van der Waals surface area (Å²) in [6.07, 6.45) is 0. The Morgan fingerprint density at radius 3 is 2.00 bits per heavy atom. The monoisotopic (exact) mass is 307 g/mol. The van der Waals surface area contributed by atoms with E-state index in [0.29, 0.717) is 0 Å². The highest BCUT2D eigenvalue weighted by Gasteiger charge is 2.21. The van der Waals surface area contributed by atoms with Crippen LogP contribution in [-0.2, 0) is 0 Å². The van der Waals surface area contributed by atoms with Crippen LogP contribution in [0.5, 0.6) is 0 Å². The van der Waals surface area contributed by atoms with Crippen molar-refractivity contribution < 1.29 is 22.4 Å². The molecule has 4 aromatic carbocycles. The predicted octanol–water partition coefficient (Wildman–Crippen LogP) is 3.34. The third kappa shape index (κ3) is 2.22. The molecule has 2 nitrogen and oxygen atoms in total. The minimum atomic E-state index is -2.09. The van der Waals surface area contributed by atoms with Crippen LogP contribution in [0.4, 0.5) is 0 Å². The van der Waals surface area contributed by atoms with Crippen LogP contribution in [0.15, 0.2) is 78.6 Å². The van der Waals surface area contributed by atoms with Crippen LogP contribution in [-0.4, -0.2) is 17.2 Å². The molecular weight excluding hydrogens is 283 g/mol. The van der Waals surface area contributed by atoms with Crippen molar-refractivity contribution in [3.8, 4) is 11.1 Å². The van der Waals surface area contributed by atoms with E-state index in [0.717, 1.165) is 0 Å². The first-order valence-electron chi connectivity index (χ1n) is 11.4. The van der Waals surface area contributed by atoms with Gasteiger partial charge >= 0.3 is 7.12 Å². The zero-order valence-corrected chi connectivity index (χ0v) is 11.8. The third-order valence-corrected chi connectivity index (χ3v) is 3.70. The van der Waals surface area contributed by atoms with Gasteiger partial charge in [0.1, 0.15) is 0 Å². The highest BCUT2D eigenvalue weighted by Crippen LogP contribution is 2.35. The van der Waals surface area contributed by atoms with Gasteiger partial charge in [0, 0.05) is 0 Å². The van der Waals surface area contributed by atoms with Gasteiger partial charge in [-0.25, -0.2) is 0 Å². The Morgan fingerprint density at radius 2 is 1.30 bits per heavy atom. The van der Waals surface area contributed by atoms with Crippen molar-refractivity contribution in [2.24, 2.45) is 0 Å². The molecule has 110 valence electrons. The second-order valence-electron chi connectivity index (χ2n) is 4.96. The summed E-state index contributed by atoms with van der Waals surface area (Å²) in [7, 11) is -2.09. The van der Waals surface area contributed by atoms with Gasteiger partial charge in [-0.15, -0.1) is 0 Å². The molecule has 4 aromatic rings. The first kappa shape index (κ1) is 7.30. The Hall–Kier alpha value is -2.62. The van der Waals surface area contributed by atoms with E-state index in [9.17, 15) is 10.0 Å². The van der Waals surface area contributed by atoms with E-state index in [1.807, 2.05) is 0 Å². The molecule has 0 saturated carbocycles. The maximum absolute atomic E-state index is 10.1. The molecule has 0 spiro atoms. The average molecular weight is 307 g/mol. The molecule has 0 saturated heterocycles. The normalized spacial score (nSPS) is 16.5. The molecule has 0 heterocycles. The molecule has 0 radical (unpaired) electrons. The van der Waals surface area contributed by atoms with Crippen LogP contribution in [0, 0.1) is 0 Å². The molecule has 4 rings (SSSR count). The van der Waals surface area contributed by atoms with E-state index in [2.05, 4.69) is 0 Å². The maximum atomic E-state index is 10.1. The quantitative estimate of drug-likeness (QED) is 0.440. The molecule has 0 bridgehead atoms. The fourth-order valence-electron chi connectivity index (χ4n) is 2.81. The molecule has 0 aliphatic rings. The van der Waals surface area contributed by atoms with Gasteiger partial charge in [-0.2, -0.15) is 0 Å². The van der Waals surface area contributed by atoms with E-state index < -0.39 is 61.5 Å². The Balaban J connectivity index is 2.46. The summed E-state index contributed by atoms with van der Waals surface area (Å²) in [6.45, 7) is 0. The zero-order valence-electron chi connectivity index (χ0n) is 20.8. The summed E-state index contributed by atoms with van der Waals surface area (Å²) in [5, 5.41) is 20.4. The summed E-state index contributed by atoms with van der Waals surface area (Å²) >= 11 is 0. The van der Waals surface area contributed by atoms with E-state index in [1.54, 1.807) is 12.1 Å². The van der Waals surface area contributed by atoms with Gasteiger partial charge in [0.05, 0.1) is 12.3 Å². The standard InChI is InChI=1S/C20H15BO2/c22-21(23)20-17-12-6-4-10-15(17)19(14-8-2-1-3-9-14)16-11-5-7-13-18(16)20/h1-13,22-23H/i1D,2D,3D,4D,6D,8D,9D,10D,12D. The van der Waals surface area contributed by atoms with E-state index in [4.69, 9.17) is 12.3 Å². The number of fused-ring (bicyclic) bond motifs is 2. The van der Waals surface area contributed by atoms with Crippen LogP contribution in [0.1, 0.15) is 12.3 Å². The van der Waals surface area contributed by atoms with Crippen LogP contribution < -0.4 is 5.46 Å². The predicted molar refractivity (Wildman–Crippen MR) is 96.7 cm³/mol. The van der Waals surface area contributed by atoms with Gasteiger partial charge in [-0.1, -0.05) is 78.6 Å². The van der Waals surface area contributed by atoms with E-state index in [-0.39, 0.29) is 38.1 Å². The van der Waals surface area contributed by atoms with Gasteiger partial charge in [0.15, 0.2) is 0 Å². The Kier molecular flexibility index (Phi) is 1.76. The van der Waals surface area contributed by atoms with Gasteiger partial charge in [-0.05, 0) is 38.1 Å². The van der Waals surface area contributed by atoms with Crippen molar-refractivity contribution in [1.29, 1.82) is 0 Å². The van der Waals surface area contributed by atoms with Gasteiger partial charge < -0.3 is 10.0 Å². The molecule has 0 aromatic heterocycles. The number of rotatable bonds is 2. The SMILES string of the molecule is [2H]c1c([2H])c([2H])c(-c2c3ccccc3c(B(O)O)c3c([2H])c([2H])c([2H])c([2H])c23)c([2H])c1[2H]. The number of hydrogen-bond acceptors (Lipinski definition) is 2. The Morgan fingerprint density at radius 1 is 0.696 bits per heavy atom. The summed E-state index contributed by atoms with van der Waals surface area (Å²) in [5.41, 5.74) is -0.385. The smallest absolute Gasteiger partial charge is 0.423 e. The third-order valence-electron chi connectivity index (χ3n) is 3.70. The lowest BCUT2D eigenvalue weighted by molar-refractivity contribution is 0.426. The van der Waals surface area contributed by atoms with Crippen molar-refractivity contribution in [3.05, 3.63) is 78.6 Å². The van der Waals surface area contributed by atoms with Crippen molar-refractivity contribution in [1.82, 2.24) is 0 Å². The van der Waals surface area contributed by atoms with Crippen LogP contribution in [0.2, 0.25) is 0 Å². The molecule has 0 fully saturated rings. The molecular formula is C20H15BO2. The molecule has 0 aliphatic carbocycles. The minimum Gasteiger partial charge on any atom is -0.423 e. The number of hydrogen-bond donors (Lipinski definition) is 2. The Labute approximate surface area is 147 Å². The zero-order chi connectivity index (χ0) is 23.6. The highest BCUT2D eigenvalue weighted by molar-refractivity contribution is 6.66. The topological polar surface area (TPSA) is 40.5 Å². The van der Waals surface area contributed by atoms with Crippen LogP contribution in [0.25, 0.3) is 32.7 Å². The molecule has 0 unspecified atom stereocenters. The fourth-order valence-corrected chi connectivity index (χ4v) is 2.81. The van der Waals surface area contributed by atoms with Crippen molar-refractivity contribution in [2.45, 2.75) is 0 Å². The molecule has 2 N–H and O–H groups in total. The van der Waals surface area contributed by atoms with Crippen LogP contribution in [0.3, 0.4) is 0 Å².